The topological polar surface area (TPSA) is 45.2 Å². The summed E-state index contributed by atoms with van der Waals surface area (Å²) in [5.74, 6) is 0.690. The molecule has 4 rings (SSSR count). The van der Waals surface area contributed by atoms with E-state index >= 15 is 0 Å². The van der Waals surface area contributed by atoms with Crippen molar-refractivity contribution in [3.63, 3.8) is 0 Å². The minimum absolute atomic E-state index is 0.210. The SMILES string of the molecule is CCCC(C)CN1CCC(c2nc(C(=O)Nc3ccccc3-c3ccc(F)cc3)cs2)CC1. The molecule has 0 radical (unpaired) electrons. The van der Waals surface area contributed by atoms with Crippen molar-refractivity contribution in [3.8, 4) is 11.1 Å². The van der Waals surface area contributed by atoms with Gasteiger partial charge in [-0.1, -0.05) is 50.6 Å². The largest absolute Gasteiger partial charge is 0.320 e. The second kappa shape index (κ2) is 11.0. The van der Waals surface area contributed by atoms with E-state index in [4.69, 9.17) is 4.98 Å². The summed E-state index contributed by atoms with van der Waals surface area (Å²) < 4.78 is 13.3. The lowest BCUT2D eigenvalue weighted by Gasteiger charge is -2.32. The van der Waals surface area contributed by atoms with E-state index in [0.717, 1.165) is 48.0 Å². The highest BCUT2D eigenvalue weighted by atomic mass is 32.1. The molecule has 0 bridgehead atoms. The smallest absolute Gasteiger partial charge is 0.275 e. The number of carbonyl (C=O) groups excluding carboxylic acids is 1. The molecular weight excluding hydrogens is 433 g/mol. The van der Waals surface area contributed by atoms with Gasteiger partial charge in [-0.05, 0) is 62.0 Å². The molecular formula is C27H32FN3OS. The van der Waals surface area contributed by atoms with Crippen molar-refractivity contribution < 1.29 is 9.18 Å². The average Bonchev–Trinajstić information content (AvgIpc) is 3.31. The van der Waals surface area contributed by atoms with Crippen LogP contribution in [0.2, 0.25) is 0 Å². The first kappa shape index (κ1) is 23.6. The van der Waals surface area contributed by atoms with Crippen molar-refractivity contribution in [3.05, 3.63) is 70.4 Å². The highest BCUT2D eigenvalue weighted by molar-refractivity contribution is 7.10. The fourth-order valence-electron chi connectivity index (χ4n) is 4.63. The predicted molar refractivity (Wildman–Crippen MR) is 134 cm³/mol. The first-order chi connectivity index (χ1) is 16.0. The molecule has 6 heteroatoms. The Morgan fingerprint density at radius 3 is 2.64 bits per heavy atom. The zero-order valence-corrected chi connectivity index (χ0v) is 20.2. The van der Waals surface area contributed by atoms with Crippen LogP contribution in [-0.4, -0.2) is 35.4 Å². The van der Waals surface area contributed by atoms with Crippen LogP contribution in [0.3, 0.4) is 0 Å². The Balaban J connectivity index is 1.38. The van der Waals surface area contributed by atoms with Crippen LogP contribution in [0.5, 0.6) is 0 Å². The molecule has 3 aromatic rings. The average molecular weight is 466 g/mol. The predicted octanol–water partition coefficient (Wildman–Crippen LogP) is 6.82. The van der Waals surface area contributed by atoms with Crippen LogP contribution >= 0.6 is 11.3 Å². The molecule has 1 N–H and O–H groups in total. The minimum Gasteiger partial charge on any atom is -0.320 e. The molecule has 1 aliphatic heterocycles. The number of hydrogen-bond donors (Lipinski definition) is 1. The highest BCUT2D eigenvalue weighted by Crippen LogP contribution is 2.32. The number of likely N-dealkylation sites (tertiary alicyclic amines) is 1. The first-order valence-corrected chi connectivity index (χ1v) is 12.8. The monoisotopic (exact) mass is 465 g/mol. The van der Waals surface area contributed by atoms with Gasteiger partial charge in [0.05, 0.1) is 5.01 Å². The van der Waals surface area contributed by atoms with E-state index in [2.05, 4.69) is 24.1 Å². The summed E-state index contributed by atoms with van der Waals surface area (Å²) in [4.78, 5) is 20.2. The number of para-hydroxylation sites is 1. The molecule has 2 aromatic carbocycles. The maximum absolute atomic E-state index is 13.3. The van der Waals surface area contributed by atoms with E-state index in [9.17, 15) is 9.18 Å². The molecule has 0 aliphatic carbocycles. The zero-order chi connectivity index (χ0) is 23.2. The lowest BCUT2D eigenvalue weighted by Crippen LogP contribution is -2.36. The highest BCUT2D eigenvalue weighted by Gasteiger charge is 2.25. The third-order valence-electron chi connectivity index (χ3n) is 6.37. The third-order valence-corrected chi connectivity index (χ3v) is 7.38. The van der Waals surface area contributed by atoms with Crippen molar-refractivity contribution in [2.24, 2.45) is 5.92 Å². The first-order valence-electron chi connectivity index (χ1n) is 11.9. The Morgan fingerprint density at radius 2 is 1.91 bits per heavy atom. The van der Waals surface area contributed by atoms with Gasteiger partial charge in [-0.2, -0.15) is 0 Å². The van der Waals surface area contributed by atoms with E-state index in [-0.39, 0.29) is 11.7 Å². The molecule has 1 fully saturated rings. The van der Waals surface area contributed by atoms with Crippen molar-refractivity contribution in [2.45, 2.75) is 45.4 Å². The summed E-state index contributed by atoms with van der Waals surface area (Å²) in [6.07, 6.45) is 4.73. The second-order valence-corrected chi connectivity index (χ2v) is 9.94. The molecule has 1 aliphatic rings. The number of piperidine rings is 1. The summed E-state index contributed by atoms with van der Waals surface area (Å²) in [7, 11) is 0. The maximum atomic E-state index is 13.3. The summed E-state index contributed by atoms with van der Waals surface area (Å²) in [6, 6.07) is 13.9. The van der Waals surface area contributed by atoms with Gasteiger partial charge in [0.1, 0.15) is 11.5 Å². The van der Waals surface area contributed by atoms with Crippen molar-refractivity contribution in [1.82, 2.24) is 9.88 Å². The van der Waals surface area contributed by atoms with Gasteiger partial charge in [0.15, 0.2) is 0 Å². The third kappa shape index (κ3) is 6.06. The molecule has 1 amide bonds. The van der Waals surface area contributed by atoms with Crippen molar-refractivity contribution >= 4 is 22.9 Å². The summed E-state index contributed by atoms with van der Waals surface area (Å²) in [6.45, 7) is 7.98. The number of nitrogens with one attached hydrogen (secondary N) is 1. The zero-order valence-electron chi connectivity index (χ0n) is 19.4. The Hall–Kier alpha value is -2.57. The van der Waals surface area contributed by atoms with Gasteiger partial charge in [-0.15, -0.1) is 11.3 Å². The normalized spacial score (nSPS) is 16.0. The summed E-state index contributed by atoms with van der Waals surface area (Å²) in [5, 5.41) is 5.93. The van der Waals surface area contributed by atoms with Crippen LogP contribution in [0.4, 0.5) is 10.1 Å². The van der Waals surface area contributed by atoms with Gasteiger partial charge < -0.3 is 10.2 Å². The Bertz CT molecular complexity index is 1060. The minimum atomic E-state index is -0.281. The van der Waals surface area contributed by atoms with Gasteiger partial charge >= 0.3 is 0 Å². The van der Waals surface area contributed by atoms with Gasteiger partial charge in [-0.3, -0.25) is 4.79 Å². The van der Waals surface area contributed by atoms with Crippen LogP contribution < -0.4 is 5.32 Å². The van der Waals surface area contributed by atoms with Gasteiger partial charge in [0.2, 0.25) is 0 Å². The van der Waals surface area contributed by atoms with Gasteiger partial charge in [0, 0.05) is 29.1 Å². The number of thiazole rings is 1. The lowest BCUT2D eigenvalue weighted by atomic mass is 9.96. The molecule has 0 spiro atoms. The number of nitrogens with zero attached hydrogens (tertiary/aromatic N) is 2. The molecule has 33 heavy (non-hydrogen) atoms. The van der Waals surface area contributed by atoms with Crippen molar-refractivity contribution in [1.29, 1.82) is 0 Å². The molecule has 2 heterocycles. The molecule has 1 unspecified atom stereocenters. The van der Waals surface area contributed by atoms with Crippen LogP contribution in [0, 0.1) is 11.7 Å². The number of benzene rings is 2. The molecule has 1 aromatic heterocycles. The quantitative estimate of drug-likeness (QED) is 0.397. The number of rotatable bonds is 8. The van der Waals surface area contributed by atoms with E-state index in [1.807, 2.05) is 29.6 Å². The molecule has 1 saturated heterocycles. The standard InChI is InChI=1S/C27H32FN3OS/c1-3-6-19(2)17-31-15-13-21(14-16-31)27-30-25(18-33-27)26(32)29-24-8-5-4-7-23(24)20-9-11-22(28)12-10-20/h4-5,7-12,18-19,21H,3,6,13-17H2,1-2H3,(H,29,32). The van der Waals surface area contributed by atoms with E-state index in [1.165, 1.54) is 31.5 Å². The fraction of sp³-hybridized carbons (Fsp3) is 0.407. The van der Waals surface area contributed by atoms with Crippen LogP contribution in [0.1, 0.15) is 60.9 Å². The number of anilines is 1. The maximum Gasteiger partial charge on any atom is 0.275 e. The van der Waals surface area contributed by atoms with Gasteiger partial charge in [-0.25, -0.2) is 9.37 Å². The van der Waals surface area contributed by atoms with Crippen LogP contribution in [0.25, 0.3) is 11.1 Å². The summed E-state index contributed by atoms with van der Waals surface area (Å²) in [5.41, 5.74) is 2.86. The Labute approximate surface area is 199 Å². The van der Waals surface area contributed by atoms with E-state index in [1.54, 1.807) is 23.5 Å². The van der Waals surface area contributed by atoms with E-state index < -0.39 is 0 Å². The molecule has 174 valence electrons. The fourth-order valence-corrected chi connectivity index (χ4v) is 5.60. The van der Waals surface area contributed by atoms with Crippen molar-refractivity contribution in [2.75, 3.05) is 25.0 Å². The number of halogens is 1. The molecule has 4 nitrogen and oxygen atoms in total. The molecule has 0 saturated carbocycles. The van der Waals surface area contributed by atoms with E-state index in [0.29, 0.717) is 17.3 Å². The Kier molecular flexibility index (Phi) is 7.89. The number of hydrogen-bond acceptors (Lipinski definition) is 4. The number of amides is 1. The van der Waals surface area contributed by atoms with Crippen LogP contribution in [-0.2, 0) is 0 Å². The molecule has 1 atom stereocenters. The lowest BCUT2D eigenvalue weighted by molar-refractivity contribution is 0.102. The summed E-state index contributed by atoms with van der Waals surface area (Å²) >= 11 is 1.59. The Morgan fingerprint density at radius 1 is 1.18 bits per heavy atom. The van der Waals surface area contributed by atoms with Crippen LogP contribution in [0.15, 0.2) is 53.9 Å². The number of carbonyl (C=O) groups is 1. The van der Waals surface area contributed by atoms with Gasteiger partial charge in [0.25, 0.3) is 5.91 Å². The number of aromatic nitrogens is 1. The second-order valence-electron chi connectivity index (χ2n) is 9.05.